The van der Waals surface area contributed by atoms with Gasteiger partial charge in [-0.25, -0.2) is 0 Å². The van der Waals surface area contributed by atoms with Crippen molar-refractivity contribution >= 4 is 5.91 Å². The van der Waals surface area contributed by atoms with Gasteiger partial charge in [0.15, 0.2) is 0 Å². The van der Waals surface area contributed by atoms with Crippen molar-refractivity contribution < 1.29 is 4.79 Å². The molecule has 0 bridgehead atoms. The van der Waals surface area contributed by atoms with E-state index in [-0.39, 0.29) is 5.91 Å². The van der Waals surface area contributed by atoms with E-state index in [9.17, 15) is 4.79 Å². The van der Waals surface area contributed by atoms with Crippen LogP contribution < -0.4 is 5.32 Å². The van der Waals surface area contributed by atoms with Crippen LogP contribution in [0, 0.1) is 5.92 Å². The van der Waals surface area contributed by atoms with Crippen LogP contribution in [0.4, 0.5) is 0 Å². The van der Waals surface area contributed by atoms with Crippen LogP contribution in [0.5, 0.6) is 0 Å². The fraction of sp³-hybridized carbons (Fsp3) is 0.500. The lowest BCUT2D eigenvalue weighted by Gasteiger charge is -2.01. The van der Waals surface area contributed by atoms with Crippen molar-refractivity contribution in [1.29, 1.82) is 0 Å². The molecule has 0 aliphatic heterocycles. The summed E-state index contributed by atoms with van der Waals surface area (Å²) in [4.78, 5) is 11.4. The van der Waals surface area contributed by atoms with Gasteiger partial charge in [0.2, 0.25) is 5.91 Å². The van der Waals surface area contributed by atoms with E-state index < -0.39 is 0 Å². The summed E-state index contributed by atoms with van der Waals surface area (Å²) in [6.07, 6.45) is 8.84. The van der Waals surface area contributed by atoms with Crippen LogP contribution >= 0.6 is 0 Å². The van der Waals surface area contributed by atoms with Gasteiger partial charge in [-0.05, 0) is 19.3 Å². The van der Waals surface area contributed by atoms with Gasteiger partial charge in [0.1, 0.15) is 0 Å². The zero-order chi connectivity index (χ0) is 12.6. The highest BCUT2D eigenvalue weighted by Gasteiger charge is 2.01. The van der Waals surface area contributed by atoms with Gasteiger partial charge in [-0.15, -0.1) is 0 Å². The topological polar surface area (TPSA) is 29.1 Å². The molecule has 0 aromatic rings. The Kier molecular flexibility index (Phi) is 7.27. The van der Waals surface area contributed by atoms with E-state index in [1.165, 1.54) is 0 Å². The molecule has 0 rings (SSSR count). The molecule has 0 aromatic heterocycles. The summed E-state index contributed by atoms with van der Waals surface area (Å²) in [6.45, 7) is 8.30. The van der Waals surface area contributed by atoms with E-state index in [1.54, 1.807) is 7.05 Å². The average molecular weight is 221 g/mol. The molecule has 0 aliphatic carbocycles. The third-order valence-electron chi connectivity index (χ3n) is 2.19. The summed E-state index contributed by atoms with van der Waals surface area (Å²) in [5, 5.41) is 2.64. The van der Waals surface area contributed by atoms with Gasteiger partial charge in [0, 0.05) is 12.6 Å². The van der Waals surface area contributed by atoms with Crippen LogP contribution in [0.15, 0.2) is 35.5 Å². The highest BCUT2D eigenvalue weighted by Crippen LogP contribution is 2.05. The maximum atomic E-state index is 11.4. The Labute approximate surface area is 99.1 Å². The number of carbonyl (C=O) groups excluding carboxylic acids is 1. The van der Waals surface area contributed by atoms with Crippen molar-refractivity contribution in [3.05, 3.63) is 35.5 Å². The second kappa shape index (κ2) is 7.91. The molecule has 0 heterocycles. The van der Waals surface area contributed by atoms with Gasteiger partial charge >= 0.3 is 0 Å². The Bertz CT molecular complexity index is 309. The Morgan fingerprint density at radius 2 is 1.94 bits per heavy atom. The molecule has 0 aromatic carbocycles. The van der Waals surface area contributed by atoms with Crippen LogP contribution in [0.3, 0.4) is 0 Å². The van der Waals surface area contributed by atoms with Crippen LogP contribution in [-0.4, -0.2) is 13.0 Å². The van der Waals surface area contributed by atoms with Crippen molar-refractivity contribution in [2.24, 2.45) is 5.92 Å². The van der Waals surface area contributed by atoms with Crippen molar-refractivity contribution in [3.8, 4) is 0 Å². The quantitative estimate of drug-likeness (QED) is 0.560. The molecular formula is C14H23NO. The summed E-state index contributed by atoms with van der Waals surface area (Å²) in [6, 6.07) is 0. The van der Waals surface area contributed by atoms with Gasteiger partial charge in [0.05, 0.1) is 0 Å². The summed E-state index contributed by atoms with van der Waals surface area (Å²) < 4.78 is 0. The average Bonchev–Trinajstić information content (AvgIpc) is 2.26. The van der Waals surface area contributed by atoms with E-state index in [2.05, 4.69) is 31.3 Å². The zero-order valence-corrected chi connectivity index (χ0v) is 11.0. The Balaban J connectivity index is 4.63. The first-order chi connectivity index (χ1) is 7.51. The molecule has 0 fully saturated rings. The SMILES string of the molecule is CCC(=CC=C(C)C=CC(C)C)C(=O)NC. The Morgan fingerprint density at radius 1 is 1.31 bits per heavy atom. The largest absolute Gasteiger partial charge is 0.355 e. The number of hydrogen-bond acceptors (Lipinski definition) is 1. The minimum absolute atomic E-state index is 0.000566. The Hall–Kier alpha value is -1.31. The highest BCUT2D eigenvalue weighted by atomic mass is 16.1. The van der Waals surface area contributed by atoms with Crippen LogP contribution in [0.25, 0.3) is 0 Å². The lowest BCUT2D eigenvalue weighted by molar-refractivity contribution is -0.117. The van der Waals surface area contributed by atoms with E-state index in [4.69, 9.17) is 0 Å². The highest BCUT2D eigenvalue weighted by molar-refractivity contribution is 5.93. The molecule has 90 valence electrons. The van der Waals surface area contributed by atoms with Crippen molar-refractivity contribution in [2.45, 2.75) is 34.1 Å². The number of nitrogens with one attached hydrogen (secondary N) is 1. The standard InChI is InChI=1S/C14H23NO/c1-6-13(14(16)15-5)10-9-12(4)8-7-11(2)3/h7-11H,6H2,1-5H3,(H,15,16). The van der Waals surface area contributed by atoms with Crippen molar-refractivity contribution in [2.75, 3.05) is 7.05 Å². The Morgan fingerprint density at radius 3 is 2.38 bits per heavy atom. The molecule has 1 N–H and O–H groups in total. The zero-order valence-electron chi connectivity index (χ0n) is 11.0. The van der Waals surface area contributed by atoms with E-state index in [1.807, 2.05) is 26.0 Å². The molecule has 2 heteroatoms. The fourth-order valence-corrected chi connectivity index (χ4v) is 1.15. The van der Waals surface area contributed by atoms with Crippen molar-refractivity contribution in [1.82, 2.24) is 5.32 Å². The summed E-state index contributed by atoms with van der Waals surface area (Å²) in [5.41, 5.74) is 1.96. The summed E-state index contributed by atoms with van der Waals surface area (Å²) in [5.74, 6) is 0.552. The molecule has 0 saturated heterocycles. The maximum absolute atomic E-state index is 11.4. The second-order valence-electron chi connectivity index (χ2n) is 4.14. The third kappa shape index (κ3) is 6.23. The molecule has 0 spiro atoms. The number of carbonyl (C=O) groups is 1. The van der Waals surface area contributed by atoms with E-state index in [0.717, 1.165) is 17.6 Å². The molecule has 0 radical (unpaired) electrons. The van der Waals surface area contributed by atoms with Gasteiger partial charge in [0.25, 0.3) is 0 Å². The van der Waals surface area contributed by atoms with E-state index >= 15 is 0 Å². The second-order valence-corrected chi connectivity index (χ2v) is 4.14. The maximum Gasteiger partial charge on any atom is 0.246 e. The number of rotatable bonds is 5. The van der Waals surface area contributed by atoms with Crippen LogP contribution in [0.2, 0.25) is 0 Å². The number of allylic oxidation sites excluding steroid dienone is 5. The first kappa shape index (κ1) is 14.7. The number of hydrogen-bond donors (Lipinski definition) is 1. The fourth-order valence-electron chi connectivity index (χ4n) is 1.15. The predicted molar refractivity (Wildman–Crippen MR) is 70.2 cm³/mol. The molecule has 1 amide bonds. The lowest BCUT2D eigenvalue weighted by Crippen LogP contribution is -2.19. The molecule has 0 atom stereocenters. The normalized spacial score (nSPS) is 13.6. The minimum atomic E-state index is -0.000566. The van der Waals surface area contributed by atoms with Crippen LogP contribution in [-0.2, 0) is 4.79 Å². The minimum Gasteiger partial charge on any atom is -0.355 e. The van der Waals surface area contributed by atoms with Crippen LogP contribution in [0.1, 0.15) is 34.1 Å². The van der Waals surface area contributed by atoms with E-state index in [0.29, 0.717) is 5.92 Å². The molecular weight excluding hydrogens is 198 g/mol. The third-order valence-corrected chi connectivity index (χ3v) is 2.19. The molecule has 16 heavy (non-hydrogen) atoms. The molecule has 2 nitrogen and oxygen atoms in total. The first-order valence-corrected chi connectivity index (χ1v) is 5.79. The monoisotopic (exact) mass is 221 g/mol. The first-order valence-electron chi connectivity index (χ1n) is 5.79. The van der Waals surface area contributed by atoms with Gasteiger partial charge < -0.3 is 5.32 Å². The molecule has 0 aliphatic rings. The van der Waals surface area contributed by atoms with Crippen molar-refractivity contribution in [3.63, 3.8) is 0 Å². The summed E-state index contributed by atoms with van der Waals surface area (Å²) in [7, 11) is 1.65. The smallest absolute Gasteiger partial charge is 0.246 e. The van der Waals surface area contributed by atoms with Gasteiger partial charge in [-0.3, -0.25) is 4.79 Å². The number of amides is 1. The number of likely N-dealkylation sites (N-methyl/N-ethyl adjacent to an activating group) is 1. The molecule has 0 unspecified atom stereocenters. The summed E-state index contributed by atoms with van der Waals surface area (Å²) >= 11 is 0. The van der Waals surface area contributed by atoms with Gasteiger partial charge in [-0.1, -0.05) is 50.6 Å². The van der Waals surface area contributed by atoms with Gasteiger partial charge in [-0.2, -0.15) is 0 Å². The molecule has 0 saturated carbocycles. The lowest BCUT2D eigenvalue weighted by atomic mass is 10.1. The predicted octanol–water partition coefficient (Wildman–Crippen LogP) is 3.23.